The van der Waals surface area contributed by atoms with E-state index in [4.69, 9.17) is 9.52 Å². The Morgan fingerprint density at radius 2 is 2.11 bits per heavy atom. The number of aromatic nitrogens is 1. The van der Waals surface area contributed by atoms with Crippen LogP contribution in [-0.2, 0) is 6.54 Å². The summed E-state index contributed by atoms with van der Waals surface area (Å²) in [5.41, 5.74) is 1.01. The molecule has 0 saturated carbocycles. The molecular weight excluding hydrogens is 240 g/mol. The quantitative estimate of drug-likeness (QED) is 0.774. The predicted molar refractivity (Wildman–Crippen MR) is 74.5 cm³/mol. The molecule has 1 heterocycles. The van der Waals surface area contributed by atoms with E-state index in [1.54, 1.807) is 12.3 Å². The van der Waals surface area contributed by atoms with Crippen molar-refractivity contribution in [2.45, 2.75) is 6.54 Å². The average Bonchev–Trinajstić information content (AvgIpc) is 2.89. The van der Waals surface area contributed by atoms with Crippen molar-refractivity contribution in [3.05, 3.63) is 55.1 Å². The summed E-state index contributed by atoms with van der Waals surface area (Å²) in [6.45, 7) is 5.66. The Hall–Kier alpha value is -1.91. The van der Waals surface area contributed by atoms with Gasteiger partial charge in [0.25, 0.3) is 0 Å². The molecule has 0 spiro atoms. The minimum atomic E-state index is 0.111. The van der Waals surface area contributed by atoms with Gasteiger partial charge in [0.2, 0.25) is 5.89 Å². The molecule has 1 aromatic carbocycles. The Morgan fingerprint density at radius 1 is 1.32 bits per heavy atom. The Kier molecular flexibility index (Phi) is 4.89. The first kappa shape index (κ1) is 13.5. The molecule has 1 N–H and O–H groups in total. The molecule has 4 nitrogen and oxygen atoms in total. The topological polar surface area (TPSA) is 49.5 Å². The maximum atomic E-state index is 9.00. The van der Waals surface area contributed by atoms with Gasteiger partial charge in [-0.1, -0.05) is 36.4 Å². The van der Waals surface area contributed by atoms with E-state index in [1.165, 1.54) is 0 Å². The second kappa shape index (κ2) is 6.87. The van der Waals surface area contributed by atoms with E-state index >= 15 is 0 Å². The molecule has 2 rings (SSSR count). The van der Waals surface area contributed by atoms with Crippen LogP contribution < -0.4 is 0 Å². The van der Waals surface area contributed by atoms with Crippen molar-refractivity contribution in [1.82, 2.24) is 9.88 Å². The van der Waals surface area contributed by atoms with Crippen LogP contribution >= 0.6 is 0 Å². The fourth-order valence-corrected chi connectivity index (χ4v) is 1.87. The molecule has 0 aliphatic carbocycles. The van der Waals surface area contributed by atoms with E-state index in [9.17, 15) is 0 Å². The zero-order valence-electron chi connectivity index (χ0n) is 10.8. The highest BCUT2D eigenvalue weighted by Crippen LogP contribution is 2.20. The predicted octanol–water partition coefficient (Wildman–Crippen LogP) is 2.32. The lowest BCUT2D eigenvalue weighted by Gasteiger charge is -2.16. The first-order valence-corrected chi connectivity index (χ1v) is 6.27. The van der Waals surface area contributed by atoms with Crippen LogP contribution in [0.5, 0.6) is 0 Å². The molecule has 1 aromatic heterocycles. The molecule has 0 radical (unpaired) electrons. The summed E-state index contributed by atoms with van der Waals surface area (Å²) >= 11 is 0. The summed E-state index contributed by atoms with van der Waals surface area (Å²) in [5.74, 6) is 1.41. The monoisotopic (exact) mass is 258 g/mol. The fraction of sp³-hybridized carbons (Fsp3) is 0.267. The van der Waals surface area contributed by atoms with Crippen molar-refractivity contribution in [2.75, 3.05) is 19.7 Å². The molecular formula is C15H18N2O2. The van der Waals surface area contributed by atoms with Gasteiger partial charge in [0.1, 0.15) is 0 Å². The van der Waals surface area contributed by atoms with Crippen LogP contribution in [0.2, 0.25) is 0 Å². The van der Waals surface area contributed by atoms with Gasteiger partial charge in [-0.2, -0.15) is 0 Å². The first-order valence-electron chi connectivity index (χ1n) is 6.27. The molecule has 100 valence electrons. The van der Waals surface area contributed by atoms with Crippen molar-refractivity contribution >= 4 is 0 Å². The molecule has 0 amide bonds. The summed E-state index contributed by atoms with van der Waals surface area (Å²) < 4.78 is 5.72. The van der Waals surface area contributed by atoms with E-state index in [1.807, 2.05) is 35.2 Å². The number of hydrogen-bond acceptors (Lipinski definition) is 4. The highest BCUT2D eigenvalue weighted by molar-refractivity contribution is 5.55. The van der Waals surface area contributed by atoms with E-state index in [2.05, 4.69) is 11.6 Å². The third-order valence-electron chi connectivity index (χ3n) is 2.77. The highest BCUT2D eigenvalue weighted by Gasteiger charge is 2.10. The van der Waals surface area contributed by atoms with Gasteiger partial charge in [0.05, 0.1) is 19.3 Å². The van der Waals surface area contributed by atoms with Gasteiger partial charge >= 0.3 is 0 Å². The fourth-order valence-electron chi connectivity index (χ4n) is 1.87. The minimum absolute atomic E-state index is 0.111. The molecule has 0 saturated heterocycles. The van der Waals surface area contributed by atoms with Gasteiger partial charge in [-0.25, -0.2) is 4.98 Å². The van der Waals surface area contributed by atoms with E-state index in [0.29, 0.717) is 25.5 Å². The number of hydrogen-bond donors (Lipinski definition) is 1. The third kappa shape index (κ3) is 3.77. The average molecular weight is 258 g/mol. The standard InChI is InChI=1S/C15H18N2O2/c1-2-8-17(9-10-18)12-15-16-11-14(19-15)13-6-4-3-5-7-13/h2-7,11,18H,1,8-10,12H2. The summed E-state index contributed by atoms with van der Waals surface area (Å²) in [4.78, 5) is 6.29. The molecule has 0 fully saturated rings. The largest absolute Gasteiger partial charge is 0.439 e. The van der Waals surface area contributed by atoms with Crippen LogP contribution in [0, 0.1) is 0 Å². The Bertz CT molecular complexity index is 508. The van der Waals surface area contributed by atoms with Gasteiger partial charge in [-0.05, 0) is 0 Å². The number of benzene rings is 1. The van der Waals surface area contributed by atoms with Crippen LogP contribution in [0.3, 0.4) is 0 Å². The van der Waals surface area contributed by atoms with Crippen LogP contribution in [-0.4, -0.2) is 34.7 Å². The summed E-state index contributed by atoms with van der Waals surface area (Å²) in [7, 11) is 0. The summed E-state index contributed by atoms with van der Waals surface area (Å²) in [6.07, 6.45) is 3.53. The lowest BCUT2D eigenvalue weighted by atomic mass is 10.2. The van der Waals surface area contributed by atoms with E-state index in [-0.39, 0.29) is 6.61 Å². The molecule has 19 heavy (non-hydrogen) atoms. The smallest absolute Gasteiger partial charge is 0.209 e. The zero-order valence-corrected chi connectivity index (χ0v) is 10.8. The Morgan fingerprint density at radius 3 is 2.79 bits per heavy atom. The van der Waals surface area contributed by atoms with Crippen LogP contribution in [0.4, 0.5) is 0 Å². The minimum Gasteiger partial charge on any atom is -0.439 e. The SMILES string of the molecule is C=CCN(CCO)Cc1ncc(-c2ccccc2)o1. The molecule has 0 unspecified atom stereocenters. The van der Waals surface area contributed by atoms with Crippen LogP contribution in [0.1, 0.15) is 5.89 Å². The summed E-state index contributed by atoms with van der Waals surface area (Å²) in [6, 6.07) is 9.87. The molecule has 2 aromatic rings. The number of nitrogens with zero attached hydrogens (tertiary/aromatic N) is 2. The van der Waals surface area contributed by atoms with Crippen molar-refractivity contribution < 1.29 is 9.52 Å². The van der Waals surface area contributed by atoms with Gasteiger partial charge in [0, 0.05) is 18.7 Å². The number of aliphatic hydroxyl groups is 1. The lowest BCUT2D eigenvalue weighted by Crippen LogP contribution is -2.26. The maximum absolute atomic E-state index is 9.00. The molecule has 0 aliphatic rings. The molecule has 4 heteroatoms. The number of rotatable bonds is 7. The van der Waals surface area contributed by atoms with Gasteiger partial charge in [-0.3, -0.25) is 4.90 Å². The summed E-state index contributed by atoms with van der Waals surface area (Å²) in [5, 5.41) is 9.00. The maximum Gasteiger partial charge on any atom is 0.209 e. The Balaban J connectivity index is 2.06. The molecule has 0 bridgehead atoms. The van der Waals surface area contributed by atoms with Crippen molar-refractivity contribution in [3.63, 3.8) is 0 Å². The second-order valence-electron chi connectivity index (χ2n) is 4.23. The third-order valence-corrected chi connectivity index (χ3v) is 2.77. The normalized spacial score (nSPS) is 10.8. The van der Waals surface area contributed by atoms with Gasteiger partial charge in [-0.15, -0.1) is 6.58 Å². The van der Waals surface area contributed by atoms with Gasteiger partial charge in [0.15, 0.2) is 5.76 Å². The lowest BCUT2D eigenvalue weighted by molar-refractivity contribution is 0.192. The highest BCUT2D eigenvalue weighted by atomic mass is 16.4. The van der Waals surface area contributed by atoms with Crippen LogP contribution in [0.25, 0.3) is 11.3 Å². The van der Waals surface area contributed by atoms with Gasteiger partial charge < -0.3 is 9.52 Å². The number of aliphatic hydroxyl groups excluding tert-OH is 1. The van der Waals surface area contributed by atoms with E-state index < -0.39 is 0 Å². The van der Waals surface area contributed by atoms with Crippen molar-refractivity contribution in [3.8, 4) is 11.3 Å². The Labute approximate surface area is 113 Å². The zero-order chi connectivity index (χ0) is 13.5. The first-order chi connectivity index (χ1) is 9.33. The molecule has 0 atom stereocenters. The van der Waals surface area contributed by atoms with Crippen molar-refractivity contribution in [1.29, 1.82) is 0 Å². The van der Waals surface area contributed by atoms with E-state index in [0.717, 1.165) is 11.3 Å². The molecule has 0 aliphatic heterocycles. The second-order valence-corrected chi connectivity index (χ2v) is 4.23. The van der Waals surface area contributed by atoms with Crippen molar-refractivity contribution in [2.24, 2.45) is 0 Å². The number of oxazole rings is 1. The van der Waals surface area contributed by atoms with Crippen LogP contribution in [0.15, 0.2) is 53.6 Å².